The van der Waals surface area contributed by atoms with E-state index in [2.05, 4.69) is 6.92 Å². The predicted molar refractivity (Wildman–Crippen MR) is 127 cm³/mol. The van der Waals surface area contributed by atoms with Gasteiger partial charge in [-0.1, -0.05) is 58.3 Å². The number of benzene rings is 1. The number of aliphatic carboxylic acids is 1. The lowest BCUT2D eigenvalue weighted by atomic mass is 9.76. The fourth-order valence-electron chi connectivity index (χ4n) is 5.07. The van der Waals surface area contributed by atoms with E-state index >= 15 is 4.39 Å². The molecule has 4 nitrogen and oxygen atoms in total. The molecule has 1 aliphatic carbocycles. The number of ether oxygens (including phenoxy) is 1. The molecule has 0 saturated heterocycles. The third kappa shape index (κ3) is 6.79. The van der Waals surface area contributed by atoms with Crippen LogP contribution in [0.25, 0.3) is 0 Å². The van der Waals surface area contributed by atoms with Crippen LogP contribution in [0.2, 0.25) is 19.6 Å². The maximum absolute atomic E-state index is 15.6. The van der Waals surface area contributed by atoms with Crippen LogP contribution in [-0.4, -0.2) is 37.0 Å². The van der Waals surface area contributed by atoms with Gasteiger partial charge < -0.3 is 14.9 Å². The third-order valence-corrected chi connectivity index (χ3v) is 8.71. The number of aliphatic hydroxyl groups is 1. The molecule has 1 aromatic rings. The SMILES string of the molecule is CCCC1CCC(C(O)CCC(C(=O)O)c2ccc(OCC)c([Si](C)(C)C)c2F)CC1. The van der Waals surface area contributed by atoms with Crippen molar-refractivity contribution in [1.29, 1.82) is 0 Å². The van der Waals surface area contributed by atoms with E-state index in [1.165, 1.54) is 12.8 Å². The Balaban J connectivity index is 2.15. The topological polar surface area (TPSA) is 66.8 Å². The predicted octanol–water partition coefficient (Wildman–Crippen LogP) is 5.69. The van der Waals surface area contributed by atoms with Gasteiger partial charge in [-0.15, -0.1) is 0 Å². The number of hydrogen-bond donors (Lipinski definition) is 2. The zero-order chi connectivity index (χ0) is 23.2. The molecule has 0 radical (unpaired) electrons. The van der Waals surface area contributed by atoms with Crippen LogP contribution >= 0.6 is 0 Å². The summed E-state index contributed by atoms with van der Waals surface area (Å²) in [4.78, 5) is 12.1. The summed E-state index contributed by atoms with van der Waals surface area (Å²) in [6, 6.07) is 3.28. The molecular weight excluding hydrogens is 411 g/mol. The van der Waals surface area contributed by atoms with Crippen LogP contribution in [0.3, 0.4) is 0 Å². The molecule has 0 heterocycles. The van der Waals surface area contributed by atoms with E-state index in [-0.39, 0.29) is 17.9 Å². The first-order valence-electron chi connectivity index (χ1n) is 12.0. The van der Waals surface area contributed by atoms with Crippen LogP contribution < -0.4 is 9.92 Å². The molecule has 2 rings (SSSR count). The first kappa shape index (κ1) is 25.9. The first-order chi connectivity index (χ1) is 14.6. The van der Waals surface area contributed by atoms with E-state index in [0.29, 0.717) is 24.0 Å². The standard InChI is InChI=1S/C25H41FO4Si/c1-6-8-17-9-11-18(12-10-17)21(27)15-13-20(25(28)29)19-14-16-22(30-7-2)24(23(19)26)31(3,4)5/h14,16-18,20-21,27H,6-13,15H2,1-5H3,(H,28,29). The van der Waals surface area contributed by atoms with Gasteiger partial charge in [0, 0.05) is 10.8 Å². The number of carboxylic acid groups (broad SMARTS) is 1. The summed E-state index contributed by atoms with van der Waals surface area (Å²) in [5.41, 5.74) is 0.215. The largest absolute Gasteiger partial charge is 0.494 e. The first-order valence-corrected chi connectivity index (χ1v) is 15.5. The van der Waals surface area contributed by atoms with Gasteiger partial charge in [0.25, 0.3) is 0 Å². The van der Waals surface area contributed by atoms with Crippen LogP contribution in [0, 0.1) is 17.7 Å². The molecule has 0 amide bonds. The van der Waals surface area contributed by atoms with Crippen LogP contribution in [-0.2, 0) is 4.79 Å². The summed E-state index contributed by atoms with van der Waals surface area (Å²) in [6.07, 6.45) is 6.84. The highest BCUT2D eigenvalue weighted by Gasteiger charge is 2.33. The molecule has 6 heteroatoms. The third-order valence-electron chi connectivity index (χ3n) is 6.74. The molecule has 0 bridgehead atoms. The smallest absolute Gasteiger partial charge is 0.311 e. The number of carboxylic acids is 1. The van der Waals surface area contributed by atoms with Crippen LogP contribution in [0.1, 0.15) is 76.7 Å². The van der Waals surface area contributed by atoms with Crippen LogP contribution in [0.15, 0.2) is 12.1 Å². The molecule has 176 valence electrons. The highest BCUT2D eigenvalue weighted by atomic mass is 28.3. The average molecular weight is 453 g/mol. The zero-order valence-corrected chi connectivity index (χ0v) is 20.9. The summed E-state index contributed by atoms with van der Waals surface area (Å²) in [5, 5.41) is 21.2. The highest BCUT2D eigenvalue weighted by Crippen LogP contribution is 2.36. The maximum Gasteiger partial charge on any atom is 0.311 e. The molecule has 1 saturated carbocycles. The van der Waals surface area contributed by atoms with Crippen molar-refractivity contribution in [3.8, 4) is 5.75 Å². The van der Waals surface area contributed by atoms with Gasteiger partial charge in [0.1, 0.15) is 11.6 Å². The highest BCUT2D eigenvalue weighted by molar-refractivity contribution is 6.89. The van der Waals surface area contributed by atoms with E-state index in [0.717, 1.165) is 31.6 Å². The van der Waals surface area contributed by atoms with Gasteiger partial charge in [-0.3, -0.25) is 4.79 Å². The van der Waals surface area contributed by atoms with Gasteiger partial charge >= 0.3 is 5.97 Å². The Labute approximate surface area is 188 Å². The fourth-order valence-corrected chi connectivity index (χ4v) is 6.77. The minimum absolute atomic E-state index is 0.215. The Bertz CT molecular complexity index is 723. The lowest BCUT2D eigenvalue weighted by Crippen LogP contribution is -2.42. The Morgan fingerprint density at radius 3 is 2.32 bits per heavy atom. The molecule has 0 aromatic heterocycles. The summed E-state index contributed by atoms with van der Waals surface area (Å²) >= 11 is 0. The van der Waals surface area contributed by atoms with E-state index in [1.54, 1.807) is 12.1 Å². The monoisotopic (exact) mass is 452 g/mol. The Hall–Kier alpha value is -1.40. The second kappa shape index (κ2) is 11.5. The molecule has 2 unspecified atom stereocenters. The second-order valence-electron chi connectivity index (χ2n) is 10.1. The van der Waals surface area contributed by atoms with E-state index in [4.69, 9.17) is 4.74 Å². The van der Waals surface area contributed by atoms with E-state index in [9.17, 15) is 15.0 Å². The van der Waals surface area contributed by atoms with Gasteiger partial charge in [0.2, 0.25) is 0 Å². The summed E-state index contributed by atoms with van der Waals surface area (Å²) < 4.78 is 21.2. The normalized spacial score (nSPS) is 21.5. The van der Waals surface area contributed by atoms with Gasteiger partial charge in [0.05, 0.1) is 26.7 Å². The van der Waals surface area contributed by atoms with E-state index < -0.39 is 31.9 Å². The van der Waals surface area contributed by atoms with Crippen molar-refractivity contribution in [2.45, 2.75) is 96.9 Å². The van der Waals surface area contributed by atoms with Crippen molar-refractivity contribution in [1.82, 2.24) is 0 Å². The molecule has 0 aliphatic heterocycles. The van der Waals surface area contributed by atoms with Crippen molar-refractivity contribution in [3.05, 3.63) is 23.5 Å². The minimum Gasteiger partial charge on any atom is -0.494 e. The van der Waals surface area contributed by atoms with Gasteiger partial charge in [0.15, 0.2) is 0 Å². The maximum atomic E-state index is 15.6. The molecular formula is C25H41FO4Si. The second-order valence-corrected chi connectivity index (χ2v) is 15.1. The summed E-state index contributed by atoms with van der Waals surface area (Å²) in [6.45, 7) is 10.6. The van der Waals surface area contributed by atoms with Gasteiger partial charge in [-0.2, -0.15) is 0 Å². The average Bonchev–Trinajstić information content (AvgIpc) is 2.69. The lowest BCUT2D eigenvalue weighted by molar-refractivity contribution is -0.139. The van der Waals surface area contributed by atoms with Gasteiger partial charge in [-0.05, 0) is 50.5 Å². The fraction of sp³-hybridized carbons (Fsp3) is 0.720. The van der Waals surface area contributed by atoms with Crippen molar-refractivity contribution in [2.75, 3.05) is 6.61 Å². The Morgan fingerprint density at radius 2 is 1.81 bits per heavy atom. The number of aliphatic hydroxyl groups excluding tert-OH is 1. The van der Waals surface area contributed by atoms with E-state index in [1.807, 2.05) is 26.6 Å². The molecule has 0 spiro atoms. The number of carbonyl (C=O) groups is 1. The lowest BCUT2D eigenvalue weighted by Gasteiger charge is -2.32. The van der Waals surface area contributed by atoms with Crippen molar-refractivity contribution >= 4 is 19.2 Å². The van der Waals surface area contributed by atoms with Crippen molar-refractivity contribution in [2.24, 2.45) is 11.8 Å². The molecule has 2 N–H and O–H groups in total. The summed E-state index contributed by atoms with van der Waals surface area (Å²) in [7, 11) is -2.10. The number of rotatable bonds is 11. The Morgan fingerprint density at radius 1 is 1.16 bits per heavy atom. The molecule has 1 fully saturated rings. The zero-order valence-electron chi connectivity index (χ0n) is 19.9. The quantitative estimate of drug-likeness (QED) is 0.424. The minimum atomic E-state index is -2.10. The van der Waals surface area contributed by atoms with Crippen molar-refractivity contribution < 1.29 is 24.1 Å². The molecule has 1 aliphatic rings. The Kier molecular flexibility index (Phi) is 9.56. The molecule has 2 atom stereocenters. The van der Waals surface area contributed by atoms with Crippen molar-refractivity contribution in [3.63, 3.8) is 0 Å². The number of halogens is 1. The number of hydrogen-bond acceptors (Lipinski definition) is 3. The van der Waals surface area contributed by atoms with Crippen LogP contribution in [0.4, 0.5) is 4.39 Å². The van der Waals surface area contributed by atoms with Crippen LogP contribution in [0.5, 0.6) is 5.75 Å². The molecule has 1 aromatic carbocycles. The molecule has 31 heavy (non-hydrogen) atoms. The van der Waals surface area contributed by atoms with Gasteiger partial charge in [-0.25, -0.2) is 4.39 Å². The summed E-state index contributed by atoms with van der Waals surface area (Å²) in [5.74, 6) is -0.924.